The first kappa shape index (κ1) is 17.6. The summed E-state index contributed by atoms with van der Waals surface area (Å²) in [5.74, 6) is 1.48. The fourth-order valence-corrected chi connectivity index (χ4v) is 3.19. The number of thiazole rings is 1. The molecule has 0 aliphatic rings. The summed E-state index contributed by atoms with van der Waals surface area (Å²) in [6.45, 7) is 6.31. The van der Waals surface area contributed by atoms with Crippen LogP contribution >= 0.6 is 11.3 Å². The lowest BCUT2D eigenvalue weighted by molar-refractivity contribution is 0.403. The van der Waals surface area contributed by atoms with E-state index in [1.54, 1.807) is 17.5 Å². The number of hydrogen-bond donors (Lipinski definition) is 1. The van der Waals surface area contributed by atoms with Gasteiger partial charge in [-0.3, -0.25) is 0 Å². The van der Waals surface area contributed by atoms with E-state index in [0.29, 0.717) is 5.89 Å². The van der Waals surface area contributed by atoms with Gasteiger partial charge < -0.3 is 10.2 Å². The molecule has 0 radical (unpaired) electrons. The summed E-state index contributed by atoms with van der Waals surface area (Å²) in [5.41, 5.74) is 7.47. The van der Waals surface area contributed by atoms with Crippen molar-refractivity contribution >= 4 is 23.5 Å². The number of benzene rings is 1. The number of hydrogen-bond acceptors (Lipinski definition) is 5. The van der Waals surface area contributed by atoms with Gasteiger partial charge in [0.15, 0.2) is 0 Å². The SMILES string of the molecule is CC(C)(C)c1cnc(C=Cc2cnc(C(N)Cc3ccccc3)s2)o1. The van der Waals surface area contributed by atoms with Crippen molar-refractivity contribution in [1.29, 1.82) is 0 Å². The highest BCUT2D eigenvalue weighted by molar-refractivity contribution is 7.12. The third-order valence-electron chi connectivity index (χ3n) is 3.81. The van der Waals surface area contributed by atoms with E-state index in [2.05, 4.69) is 42.9 Å². The van der Waals surface area contributed by atoms with E-state index in [-0.39, 0.29) is 11.5 Å². The molecule has 5 heteroatoms. The second kappa shape index (κ2) is 7.33. The molecule has 3 aromatic rings. The fraction of sp³-hybridized carbons (Fsp3) is 0.300. The Balaban J connectivity index is 1.66. The second-order valence-electron chi connectivity index (χ2n) is 7.04. The van der Waals surface area contributed by atoms with E-state index in [4.69, 9.17) is 10.2 Å². The molecule has 2 heterocycles. The van der Waals surface area contributed by atoms with Crippen LogP contribution in [0.4, 0.5) is 0 Å². The van der Waals surface area contributed by atoms with E-state index in [1.165, 1.54) is 5.56 Å². The highest BCUT2D eigenvalue weighted by Crippen LogP contribution is 2.25. The van der Waals surface area contributed by atoms with Gasteiger partial charge in [0.2, 0.25) is 5.89 Å². The van der Waals surface area contributed by atoms with E-state index in [0.717, 1.165) is 22.1 Å². The lowest BCUT2D eigenvalue weighted by atomic mass is 9.94. The predicted octanol–water partition coefficient (Wildman–Crippen LogP) is 4.84. The normalized spacial score (nSPS) is 13.4. The zero-order valence-electron chi connectivity index (χ0n) is 14.8. The highest BCUT2D eigenvalue weighted by Gasteiger charge is 2.18. The van der Waals surface area contributed by atoms with Gasteiger partial charge in [-0.25, -0.2) is 9.97 Å². The quantitative estimate of drug-likeness (QED) is 0.713. The van der Waals surface area contributed by atoms with E-state index < -0.39 is 0 Å². The van der Waals surface area contributed by atoms with E-state index in [9.17, 15) is 0 Å². The van der Waals surface area contributed by atoms with Gasteiger partial charge in [0.1, 0.15) is 10.8 Å². The van der Waals surface area contributed by atoms with Gasteiger partial charge in [-0.1, -0.05) is 51.1 Å². The number of nitrogens with two attached hydrogens (primary N) is 1. The minimum atomic E-state index is -0.0937. The van der Waals surface area contributed by atoms with Crippen LogP contribution in [0, 0.1) is 0 Å². The summed E-state index contributed by atoms with van der Waals surface area (Å²) in [6.07, 6.45) is 8.25. The van der Waals surface area contributed by atoms with Crippen molar-refractivity contribution < 1.29 is 4.42 Å². The number of rotatable bonds is 5. The van der Waals surface area contributed by atoms with Crippen LogP contribution in [0.1, 0.15) is 53.9 Å². The summed E-state index contributed by atoms with van der Waals surface area (Å²) in [4.78, 5) is 9.80. The van der Waals surface area contributed by atoms with Crippen LogP contribution in [-0.2, 0) is 11.8 Å². The maximum absolute atomic E-state index is 6.29. The average Bonchev–Trinajstić information content (AvgIpc) is 3.23. The molecule has 2 N–H and O–H groups in total. The Morgan fingerprint density at radius 3 is 2.56 bits per heavy atom. The van der Waals surface area contributed by atoms with Crippen molar-refractivity contribution in [3.8, 4) is 0 Å². The number of nitrogens with zero attached hydrogens (tertiary/aromatic N) is 2. The Morgan fingerprint density at radius 2 is 1.88 bits per heavy atom. The smallest absolute Gasteiger partial charge is 0.218 e. The molecule has 0 saturated heterocycles. The lowest BCUT2D eigenvalue weighted by Crippen LogP contribution is -2.12. The molecule has 0 fully saturated rings. The Hall–Kier alpha value is -2.24. The summed E-state index contributed by atoms with van der Waals surface area (Å²) in [5, 5.41) is 0.936. The van der Waals surface area contributed by atoms with Crippen molar-refractivity contribution in [3.63, 3.8) is 0 Å². The van der Waals surface area contributed by atoms with Gasteiger partial charge in [-0.2, -0.15) is 0 Å². The average molecular weight is 353 g/mol. The molecule has 25 heavy (non-hydrogen) atoms. The molecule has 4 nitrogen and oxygen atoms in total. The van der Waals surface area contributed by atoms with Crippen molar-refractivity contribution in [2.75, 3.05) is 0 Å². The Labute approximate surface area is 152 Å². The third kappa shape index (κ3) is 4.65. The molecule has 1 atom stereocenters. The van der Waals surface area contributed by atoms with Crippen LogP contribution in [0.5, 0.6) is 0 Å². The predicted molar refractivity (Wildman–Crippen MR) is 103 cm³/mol. The molecule has 130 valence electrons. The summed E-state index contributed by atoms with van der Waals surface area (Å²) in [6, 6.07) is 10.1. The summed E-state index contributed by atoms with van der Waals surface area (Å²) < 4.78 is 5.76. The Bertz CT molecular complexity index is 843. The monoisotopic (exact) mass is 353 g/mol. The van der Waals surface area contributed by atoms with Gasteiger partial charge in [-0.05, 0) is 18.1 Å². The van der Waals surface area contributed by atoms with Gasteiger partial charge >= 0.3 is 0 Å². The van der Waals surface area contributed by atoms with Crippen LogP contribution in [0.2, 0.25) is 0 Å². The first-order valence-electron chi connectivity index (χ1n) is 8.31. The fourth-order valence-electron chi connectivity index (χ4n) is 2.37. The van der Waals surface area contributed by atoms with E-state index >= 15 is 0 Å². The maximum atomic E-state index is 6.29. The molecular formula is C20H23N3OS. The van der Waals surface area contributed by atoms with Gasteiger partial charge in [0.25, 0.3) is 0 Å². The summed E-state index contributed by atoms with van der Waals surface area (Å²) in [7, 11) is 0. The molecule has 1 aromatic carbocycles. The second-order valence-corrected chi connectivity index (χ2v) is 8.14. The van der Waals surface area contributed by atoms with Crippen LogP contribution in [0.25, 0.3) is 12.2 Å². The van der Waals surface area contributed by atoms with Crippen molar-refractivity contribution in [2.45, 2.75) is 38.6 Å². The van der Waals surface area contributed by atoms with Crippen LogP contribution < -0.4 is 5.73 Å². The molecule has 0 spiro atoms. The van der Waals surface area contributed by atoms with Crippen LogP contribution in [-0.4, -0.2) is 9.97 Å². The Kier molecular flexibility index (Phi) is 5.16. The van der Waals surface area contributed by atoms with E-state index in [1.807, 2.05) is 36.5 Å². The molecule has 0 aliphatic heterocycles. The molecule has 0 aliphatic carbocycles. The zero-order chi connectivity index (χ0) is 17.9. The van der Waals surface area contributed by atoms with Crippen molar-refractivity contribution in [1.82, 2.24) is 9.97 Å². The molecule has 2 aromatic heterocycles. The van der Waals surface area contributed by atoms with Gasteiger partial charge in [-0.15, -0.1) is 11.3 Å². The maximum Gasteiger partial charge on any atom is 0.218 e. The van der Waals surface area contributed by atoms with Crippen molar-refractivity contribution in [2.24, 2.45) is 5.73 Å². The minimum Gasteiger partial charge on any atom is -0.441 e. The molecular weight excluding hydrogens is 330 g/mol. The first-order chi connectivity index (χ1) is 11.9. The third-order valence-corrected chi connectivity index (χ3v) is 4.90. The minimum absolute atomic E-state index is 0.0407. The first-order valence-corrected chi connectivity index (χ1v) is 9.13. The molecule has 3 rings (SSSR count). The summed E-state index contributed by atoms with van der Waals surface area (Å²) >= 11 is 1.60. The van der Waals surface area contributed by atoms with Crippen LogP contribution in [0.15, 0.2) is 47.1 Å². The molecule has 1 unspecified atom stereocenters. The molecule has 0 amide bonds. The Morgan fingerprint density at radius 1 is 1.12 bits per heavy atom. The number of aromatic nitrogens is 2. The standard InChI is InChI=1S/C20H23N3OS/c1-20(2,3)17-13-22-18(24-17)10-9-15-12-23-19(25-15)16(21)11-14-7-5-4-6-8-14/h4-10,12-13,16H,11,21H2,1-3H3. The lowest BCUT2D eigenvalue weighted by Gasteiger charge is -2.12. The zero-order valence-corrected chi connectivity index (χ0v) is 15.6. The molecule has 0 saturated carbocycles. The van der Waals surface area contributed by atoms with Gasteiger partial charge in [0, 0.05) is 22.6 Å². The largest absolute Gasteiger partial charge is 0.441 e. The van der Waals surface area contributed by atoms with Crippen molar-refractivity contribution in [3.05, 3.63) is 69.8 Å². The van der Waals surface area contributed by atoms with Gasteiger partial charge in [0.05, 0.1) is 12.2 Å². The highest BCUT2D eigenvalue weighted by atomic mass is 32.1. The van der Waals surface area contributed by atoms with Crippen LogP contribution in [0.3, 0.4) is 0 Å². The molecule has 0 bridgehead atoms. The number of oxazole rings is 1. The topological polar surface area (TPSA) is 64.9 Å².